The van der Waals surface area contributed by atoms with Crippen molar-refractivity contribution in [1.29, 1.82) is 0 Å². The lowest BCUT2D eigenvalue weighted by Gasteiger charge is -2.59. The molecule has 3 aliphatic rings. The number of carbonyl (C=O) groups excluding carboxylic acids is 1. The van der Waals surface area contributed by atoms with Crippen molar-refractivity contribution in [2.45, 2.75) is 117 Å². The van der Waals surface area contributed by atoms with Gasteiger partial charge in [-0.15, -0.1) is 6.58 Å². The molecule has 0 radical (unpaired) electrons. The Kier molecular flexibility index (Phi) is 8.05. The molecule has 2 N–H and O–H groups in total. The number of rotatable bonds is 7. The Bertz CT molecular complexity index is 707. The molecular formula is C27H46O6. The first kappa shape index (κ1) is 26.7. The predicted molar refractivity (Wildman–Crippen MR) is 127 cm³/mol. The first-order valence-corrected chi connectivity index (χ1v) is 12.8. The first-order valence-electron chi connectivity index (χ1n) is 12.8. The van der Waals surface area contributed by atoms with Gasteiger partial charge < -0.3 is 24.4 Å². The topological polar surface area (TPSA) is 85.2 Å². The summed E-state index contributed by atoms with van der Waals surface area (Å²) < 4.78 is 17.0. The third-order valence-electron chi connectivity index (χ3n) is 9.22. The molecule has 2 aliphatic carbocycles. The van der Waals surface area contributed by atoms with Gasteiger partial charge in [-0.1, -0.05) is 46.6 Å². The van der Waals surface area contributed by atoms with Crippen molar-refractivity contribution in [3.8, 4) is 0 Å². The number of fused-ring (bicyclic) bond motifs is 1. The van der Waals surface area contributed by atoms with Crippen LogP contribution in [0.3, 0.4) is 0 Å². The van der Waals surface area contributed by atoms with Gasteiger partial charge in [0.05, 0.1) is 12.2 Å². The summed E-state index contributed by atoms with van der Waals surface area (Å²) in [5, 5.41) is 20.8. The largest absolute Gasteiger partial charge is 0.457 e. The second kappa shape index (κ2) is 9.96. The van der Waals surface area contributed by atoms with Crippen LogP contribution in [-0.2, 0) is 19.0 Å². The fraction of sp³-hybridized carbons (Fsp3) is 0.889. The van der Waals surface area contributed by atoms with Gasteiger partial charge in [-0.25, -0.2) is 0 Å². The number of ether oxygens (including phenoxy) is 3. The molecule has 0 bridgehead atoms. The van der Waals surface area contributed by atoms with Gasteiger partial charge >= 0.3 is 5.97 Å². The zero-order valence-corrected chi connectivity index (χ0v) is 21.5. The smallest absolute Gasteiger partial charge is 0.303 e. The van der Waals surface area contributed by atoms with Crippen molar-refractivity contribution in [3.05, 3.63) is 12.7 Å². The minimum atomic E-state index is -1.27. The number of hydrogen-bond acceptors (Lipinski definition) is 6. The highest BCUT2D eigenvalue weighted by molar-refractivity contribution is 5.66. The molecule has 0 aromatic carbocycles. The van der Waals surface area contributed by atoms with E-state index in [9.17, 15) is 15.0 Å². The van der Waals surface area contributed by atoms with Crippen molar-refractivity contribution in [3.63, 3.8) is 0 Å². The van der Waals surface area contributed by atoms with E-state index in [2.05, 4.69) is 34.3 Å². The van der Waals surface area contributed by atoms with Crippen LogP contribution in [0.4, 0.5) is 0 Å². The Morgan fingerprint density at radius 2 is 1.94 bits per heavy atom. The van der Waals surface area contributed by atoms with Crippen molar-refractivity contribution in [2.24, 2.45) is 28.6 Å². The van der Waals surface area contributed by atoms with Crippen LogP contribution in [0.5, 0.6) is 0 Å². The van der Waals surface area contributed by atoms with Gasteiger partial charge in [0, 0.05) is 6.92 Å². The highest BCUT2D eigenvalue weighted by Crippen LogP contribution is 2.62. The highest BCUT2D eigenvalue weighted by Gasteiger charge is 2.54. The van der Waals surface area contributed by atoms with Gasteiger partial charge in [0.2, 0.25) is 0 Å². The normalized spacial score (nSPS) is 42.6. The van der Waals surface area contributed by atoms with Crippen molar-refractivity contribution < 1.29 is 29.2 Å². The summed E-state index contributed by atoms with van der Waals surface area (Å²) in [5.41, 5.74) is 0.00500. The van der Waals surface area contributed by atoms with Gasteiger partial charge in [-0.2, -0.15) is 0 Å². The Balaban J connectivity index is 1.70. The molecule has 2 saturated carbocycles. The minimum Gasteiger partial charge on any atom is -0.457 e. The third-order valence-corrected chi connectivity index (χ3v) is 9.22. The van der Waals surface area contributed by atoms with E-state index in [1.807, 2.05) is 6.92 Å². The summed E-state index contributed by atoms with van der Waals surface area (Å²) in [6.45, 7) is 17.0. The Morgan fingerprint density at radius 1 is 1.24 bits per heavy atom. The summed E-state index contributed by atoms with van der Waals surface area (Å²) in [7, 11) is 0. The van der Waals surface area contributed by atoms with E-state index in [4.69, 9.17) is 14.2 Å². The van der Waals surface area contributed by atoms with Crippen LogP contribution in [0.1, 0.15) is 86.5 Å². The average molecular weight is 467 g/mol. The molecular weight excluding hydrogens is 420 g/mol. The SMILES string of the molecule is C=CC(C)(CCC1C(C)CCC2C(C)(C)CCCC12C)OC1OCC(O)C(OC(C)=O)C1O. The zero-order chi connectivity index (χ0) is 24.6. The van der Waals surface area contributed by atoms with E-state index < -0.39 is 36.2 Å². The molecule has 0 aromatic rings. The number of carbonyl (C=O) groups is 1. The second-order valence-corrected chi connectivity index (χ2v) is 12.1. The molecule has 33 heavy (non-hydrogen) atoms. The number of aliphatic hydroxyl groups excluding tert-OH is 2. The van der Waals surface area contributed by atoms with Gasteiger partial charge in [0.25, 0.3) is 0 Å². The van der Waals surface area contributed by atoms with Gasteiger partial charge in [0.1, 0.15) is 12.2 Å². The summed E-state index contributed by atoms with van der Waals surface area (Å²) in [6, 6.07) is 0. The highest BCUT2D eigenvalue weighted by atomic mass is 16.7. The van der Waals surface area contributed by atoms with E-state index in [1.165, 1.54) is 39.0 Å². The lowest BCUT2D eigenvalue weighted by Crippen LogP contribution is -2.57. The molecule has 1 saturated heterocycles. The number of aliphatic hydroxyl groups is 2. The first-order chi connectivity index (χ1) is 15.3. The van der Waals surface area contributed by atoms with E-state index in [0.29, 0.717) is 22.7 Å². The third kappa shape index (κ3) is 5.50. The lowest BCUT2D eigenvalue weighted by molar-refractivity contribution is -0.295. The molecule has 9 unspecified atom stereocenters. The van der Waals surface area contributed by atoms with Crippen LogP contribution >= 0.6 is 0 Å². The molecule has 3 fully saturated rings. The molecule has 0 aromatic heterocycles. The van der Waals surface area contributed by atoms with E-state index >= 15 is 0 Å². The van der Waals surface area contributed by atoms with Gasteiger partial charge in [0.15, 0.2) is 12.4 Å². The van der Waals surface area contributed by atoms with Crippen LogP contribution in [0.15, 0.2) is 12.7 Å². The fourth-order valence-corrected chi connectivity index (χ4v) is 7.35. The van der Waals surface area contributed by atoms with Crippen LogP contribution < -0.4 is 0 Å². The summed E-state index contributed by atoms with van der Waals surface area (Å²) in [4.78, 5) is 11.4. The summed E-state index contributed by atoms with van der Waals surface area (Å²) in [6.07, 6.45) is 5.62. The van der Waals surface area contributed by atoms with Crippen LogP contribution in [0.25, 0.3) is 0 Å². The Labute approximate surface area is 200 Å². The van der Waals surface area contributed by atoms with Crippen molar-refractivity contribution in [1.82, 2.24) is 0 Å². The number of esters is 1. The van der Waals surface area contributed by atoms with E-state index in [1.54, 1.807) is 6.08 Å². The monoisotopic (exact) mass is 466 g/mol. The zero-order valence-electron chi connectivity index (χ0n) is 21.5. The standard InChI is InChI=1S/C27H46O6/c1-8-26(6,33-24-22(30)23(32-18(3)28)20(29)16-31-24)15-12-19-17(2)10-11-21-25(4,5)13-9-14-27(19,21)7/h8,17,19-24,29-30H,1,9-16H2,2-7H3. The number of hydrogen-bond donors (Lipinski definition) is 2. The maximum Gasteiger partial charge on any atom is 0.303 e. The maximum absolute atomic E-state index is 11.4. The quantitative estimate of drug-likeness (QED) is 0.421. The van der Waals surface area contributed by atoms with Gasteiger partial charge in [-0.3, -0.25) is 4.79 Å². The average Bonchev–Trinajstić information content (AvgIpc) is 2.72. The molecule has 6 heteroatoms. The Hall–Kier alpha value is -0.950. The Morgan fingerprint density at radius 3 is 2.58 bits per heavy atom. The van der Waals surface area contributed by atoms with E-state index in [-0.39, 0.29) is 6.61 Å². The second-order valence-electron chi connectivity index (χ2n) is 12.1. The minimum absolute atomic E-state index is 0.0681. The maximum atomic E-state index is 11.4. The van der Waals surface area contributed by atoms with Gasteiger partial charge in [-0.05, 0) is 67.6 Å². The van der Waals surface area contributed by atoms with Crippen molar-refractivity contribution >= 4 is 5.97 Å². The predicted octanol–water partition coefficient (Wildman–Crippen LogP) is 4.62. The molecule has 9 atom stereocenters. The molecule has 6 nitrogen and oxygen atoms in total. The molecule has 190 valence electrons. The fourth-order valence-electron chi connectivity index (χ4n) is 7.35. The summed E-state index contributed by atoms with van der Waals surface area (Å²) in [5.74, 6) is 1.45. The molecule has 1 heterocycles. The molecule has 0 amide bonds. The van der Waals surface area contributed by atoms with E-state index in [0.717, 1.165) is 18.8 Å². The molecule has 3 rings (SSSR count). The lowest BCUT2D eigenvalue weighted by atomic mass is 9.46. The van der Waals surface area contributed by atoms with Crippen LogP contribution in [-0.4, -0.2) is 53.0 Å². The summed E-state index contributed by atoms with van der Waals surface area (Å²) >= 11 is 0. The van der Waals surface area contributed by atoms with Crippen molar-refractivity contribution in [2.75, 3.05) is 6.61 Å². The van der Waals surface area contributed by atoms with Crippen LogP contribution in [0.2, 0.25) is 0 Å². The van der Waals surface area contributed by atoms with Crippen LogP contribution in [0, 0.1) is 28.6 Å². The molecule has 1 aliphatic heterocycles. The molecule has 0 spiro atoms.